The highest BCUT2D eigenvalue weighted by atomic mass is 16.1. The molecule has 0 aliphatic heterocycles. The predicted octanol–water partition coefficient (Wildman–Crippen LogP) is 2.17. The summed E-state index contributed by atoms with van der Waals surface area (Å²) in [5.41, 5.74) is 0.933. The Morgan fingerprint density at radius 1 is 1.35 bits per heavy atom. The highest BCUT2D eigenvalue weighted by Crippen LogP contribution is 2.32. The lowest BCUT2D eigenvalue weighted by atomic mass is 10.1. The molecule has 0 atom stereocenters. The highest BCUT2D eigenvalue weighted by Gasteiger charge is 2.24. The van der Waals surface area contributed by atoms with E-state index < -0.39 is 0 Å². The lowest BCUT2D eigenvalue weighted by Gasteiger charge is -2.03. The third-order valence-corrected chi connectivity index (χ3v) is 4.61. The maximum atomic E-state index is 12.8. The van der Waals surface area contributed by atoms with Crippen molar-refractivity contribution in [3.63, 3.8) is 0 Å². The number of fused-ring (bicyclic) bond motifs is 3. The van der Waals surface area contributed by atoms with Gasteiger partial charge in [-0.05, 0) is 12.8 Å². The zero-order valence-corrected chi connectivity index (χ0v) is 13.2. The molecule has 1 N–H and O–H groups in total. The number of rotatable bonds is 4. The number of aryl methyl sites for hydroxylation is 1. The van der Waals surface area contributed by atoms with Crippen LogP contribution < -0.4 is 5.56 Å². The molecule has 0 saturated heterocycles. The zero-order valence-electron chi connectivity index (χ0n) is 13.2. The summed E-state index contributed by atoms with van der Waals surface area (Å²) in [6.07, 6.45) is 7.11. The summed E-state index contributed by atoms with van der Waals surface area (Å²) < 4.78 is 3.32. The van der Waals surface area contributed by atoms with Crippen molar-refractivity contribution in [2.24, 2.45) is 0 Å². The number of hydrogen-bond acceptors (Lipinski definition) is 4. The Labute approximate surface area is 133 Å². The van der Waals surface area contributed by atoms with E-state index in [1.54, 1.807) is 15.2 Å². The quantitative estimate of drug-likeness (QED) is 0.749. The topological polar surface area (TPSA) is 80.9 Å². The molecule has 0 amide bonds. The molecule has 0 aromatic carbocycles. The molecule has 3 aromatic rings. The van der Waals surface area contributed by atoms with Crippen LogP contribution in [0.1, 0.15) is 50.2 Å². The minimum absolute atomic E-state index is 0.120. The number of nitrogens with zero attached hydrogens (tertiary/aromatic N) is 5. The van der Waals surface area contributed by atoms with Crippen LogP contribution in [-0.2, 0) is 13.0 Å². The molecule has 0 unspecified atom stereocenters. The fraction of sp³-hybridized carbons (Fsp3) is 0.500. The van der Waals surface area contributed by atoms with Gasteiger partial charge in [-0.3, -0.25) is 9.36 Å². The summed E-state index contributed by atoms with van der Waals surface area (Å²) in [5, 5.41) is 4.68. The molecule has 120 valence electrons. The second-order valence-electron chi connectivity index (χ2n) is 6.10. The lowest BCUT2D eigenvalue weighted by Crippen LogP contribution is -2.23. The van der Waals surface area contributed by atoms with Crippen molar-refractivity contribution in [1.82, 2.24) is 29.1 Å². The van der Waals surface area contributed by atoms with E-state index in [4.69, 9.17) is 0 Å². The van der Waals surface area contributed by atoms with Gasteiger partial charge in [0, 0.05) is 18.9 Å². The minimum atomic E-state index is -0.120. The van der Waals surface area contributed by atoms with Crippen molar-refractivity contribution in [3.8, 4) is 0 Å². The number of hydrogen-bond donors (Lipinski definition) is 1. The van der Waals surface area contributed by atoms with Crippen molar-refractivity contribution in [2.45, 2.75) is 51.5 Å². The van der Waals surface area contributed by atoms with Gasteiger partial charge in [-0.25, -0.2) is 4.98 Å². The molecule has 3 heterocycles. The Kier molecular flexibility index (Phi) is 3.28. The van der Waals surface area contributed by atoms with E-state index in [1.165, 1.54) is 12.8 Å². The molecule has 0 spiro atoms. The van der Waals surface area contributed by atoms with E-state index in [0.29, 0.717) is 29.4 Å². The summed E-state index contributed by atoms with van der Waals surface area (Å²) in [7, 11) is 0. The average molecular weight is 312 g/mol. The highest BCUT2D eigenvalue weighted by molar-refractivity contribution is 5.72. The largest absolute Gasteiger partial charge is 0.336 e. The zero-order chi connectivity index (χ0) is 16.0. The lowest BCUT2D eigenvalue weighted by molar-refractivity contribution is 0.667. The Morgan fingerprint density at radius 3 is 2.83 bits per heavy atom. The fourth-order valence-corrected chi connectivity index (χ4v) is 3.39. The molecule has 1 aliphatic carbocycles. The van der Waals surface area contributed by atoms with Gasteiger partial charge in [0.25, 0.3) is 5.56 Å². The molecule has 7 heteroatoms. The van der Waals surface area contributed by atoms with E-state index >= 15 is 0 Å². The molecular formula is C16H20N6O. The van der Waals surface area contributed by atoms with Gasteiger partial charge in [0.05, 0.1) is 0 Å². The number of nitrogens with one attached hydrogen (secondary N) is 1. The average Bonchev–Trinajstić information content (AvgIpc) is 3.28. The first-order valence-electron chi connectivity index (χ1n) is 8.22. The van der Waals surface area contributed by atoms with Gasteiger partial charge in [0.15, 0.2) is 17.0 Å². The van der Waals surface area contributed by atoms with Crippen LogP contribution in [0.5, 0.6) is 0 Å². The van der Waals surface area contributed by atoms with E-state index in [0.717, 1.165) is 30.9 Å². The van der Waals surface area contributed by atoms with Crippen LogP contribution in [-0.4, -0.2) is 29.1 Å². The van der Waals surface area contributed by atoms with Gasteiger partial charge in [-0.2, -0.15) is 9.50 Å². The third-order valence-electron chi connectivity index (χ3n) is 4.61. The van der Waals surface area contributed by atoms with Gasteiger partial charge in [0.2, 0.25) is 5.78 Å². The van der Waals surface area contributed by atoms with Crippen LogP contribution in [0.15, 0.2) is 17.4 Å². The van der Waals surface area contributed by atoms with Crippen molar-refractivity contribution in [1.29, 1.82) is 0 Å². The SMILES string of the molecule is C=CCn1c(=O)c2[nH]c(CC)nc2n2nc(C3CCCC3)nc12. The second-order valence-corrected chi connectivity index (χ2v) is 6.10. The van der Waals surface area contributed by atoms with E-state index in [9.17, 15) is 4.79 Å². The van der Waals surface area contributed by atoms with Gasteiger partial charge in [-0.15, -0.1) is 11.7 Å². The first-order valence-corrected chi connectivity index (χ1v) is 8.22. The summed E-state index contributed by atoms with van der Waals surface area (Å²) in [4.78, 5) is 25.1. The third kappa shape index (κ3) is 2.10. The maximum Gasteiger partial charge on any atom is 0.281 e. The molecule has 4 rings (SSSR count). The van der Waals surface area contributed by atoms with Gasteiger partial charge >= 0.3 is 0 Å². The maximum absolute atomic E-state index is 12.8. The van der Waals surface area contributed by atoms with Crippen LogP contribution >= 0.6 is 0 Å². The molecule has 0 radical (unpaired) electrons. The van der Waals surface area contributed by atoms with Crippen molar-refractivity contribution in [3.05, 3.63) is 34.7 Å². The van der Waals surface area contributed by atoms with Crippen molar-refractivity contribution >= 4 is 16.9 Å². The Bertz CT molecular complexity index is 941. The summed E-state index contributed by atoms with van der Waals surface area (Å²) >= 11 is 0. The van der Waals surface area contributed by atoms with Gasteiger partial charge < -0.3 is 4.98 Å². The van der Waals surface area contributed by atoms with Crippen LogP contribution in [0.4, 0.5) is 0 Å². The molecule has 1 saturated carbocycles. The van der Waals surface area contributed by atoms with E-state index in [2.05, 4.69) is 26.6 Å². The monoisotopic (exact) mass is 312 g/mol. The van der Waals surface area contributed by atoms with Gasteiger partial charge in [0.1, 0.15) is 5.82 Å². The number of aromatic amines is 1. The minimum Gasteiger partial charge on any atom is -0.336 e. The van der Waals surface area contributed by atoms with E-state index in [1.807, 2.05) is 6.92 Å². The van der Waals surface area contributed by atoms with Gasteiger partial charge in [-0.1, -0.05) is 25.8 Å². The van der Waals surface area contributed by atoms with Crippen LogP contribution in [0.3, 0.4) is 0 Å². The molecule has 1 aliphatic rings. The normalized spacial score (nSPS) is 15.9. The molecule has 1 fully saturated rings. The molecule has 3 aromatic heterocycles. The van der Waals surface area contributed by atoms with Crippen LogP contribution in [0, 0.1) is 0 Å². The van der Waals surface area contributed by atoms with E-state index in [-0.39, 0.29) is 5.56 Å². The molecule has 7 nitrogen and oxygen atoms in total. The number of imidazole rings is 1. The molecular weight excluding hydrogens is 292 g/mol. The molecule has 0 bridgehead atoms. The number of aromatic nitrogens is 6. The first kappa shape index (κ1) is 14.2. The smallest absolute Gasteiger partial charge is 0.281 e. The predicted molar refractivity (Wildman–Crippen MR) is 87.7 cm³/mol. The Balaban J connectivity index is 2.04. The number of allylic oxidation sites excluding steroid dienone is 1. The fourth-order valence-electron chi connectivity index (χ4n) is 3.39. The summed E-state index contributed by atoms with van der Waals surface area (Å²) in [6.45, 7) is 6.15. The number of H-pyrrole nitrogens is 1. The summed E-state index contributed by atoms with van der Waals surface area (Å²) in [5.74, 6) is 2.56. The summed E-state index contributed by atoms with van der Waals surface area (Å²) in [6, 6.07) is 0. The molecule has 23 heavy (non-hydrogen) atoms. The van der Waals surface area contributed by atoms with Crippen LogP contribution in [0.25, 0.3) is 16.9 Å². The Hall–Kier alpha value is -2.44. The van der Waals surface area contributed by atoms with Crippen LogP contribution in [0.2, 0.25) is 0 Å². The second kappa shape index (κ2) is 5.33. The Morgan fingerprint density at radius 2 is 2.13 bits per heavy atom. The first-order chi connectivity index (χ1) is 11.2. The van der Waals surface area contributed by atoms with Crippen molar-refractivity contribution in [2.75, 3.05) is 0 Å². The standard InChI is InChI=1S/C16H20N6O/c1-3-9-21-15(23)12-14(18-11(4-2)17-12)22-16(21)19-13(20-22)10-7-5-6-8-10/h3,10H,1,4-9H2,2H3,(H,17,18). The van der Waals surface area contributed by atoms with Crippen molar-refractivity contribution < 1.29 is 0 Å².